The monoisotopic (exact) mass is 605 g/mol. The molecule has 2 saturated heterocycles. The predicted molar refractivity (Wildman–Crippen MR) is 168 cm³/mol. The van der Waals surface area contributed by atoms with E-state index in [9.17, 15) is 14.4 Å². The third-order valence-electron chi connectivity index (χ3n) is 8.74. The molecule has 3 aliphatic rings. The Labute approximate surface area is 261 Å². The summed E-state index contributed by atoms with van der Waals surface area (Å²) in [6.45, 7) is 10.2. The molecule has 3 amide bonds. The lowest BCUT2D eigenvalue weighted by molar-refractivity contribution is 0.0275. The van der Waals surface area contributed by atoms with Crippen LogP contribution in [0.3, 0.4) is 0 Å². The average molecular weight is 606 g/mol. The summed E-state index contributed by atoms with van der Waals surface area (Å²) >= 11 is 0. The Morgan fingerprint density at radius 3 is 2.27 bits per heavy atom. The molecule has 9 nitrogen and oxygen atoms in total. The number of likely N-dealkylation sites (tertiary alicyclic amines) is 1. The first-order valence-corrected chi connectivity index (χ1v) is 16.1. The van der Waals surface area contributed by atoms with Gasteiger partial charge in [0, 0.05) is 44.2 Å². The van der Waals surface area contributed by atoms with Gasteiger partial charge in [0.15, 0.2) is 0 Å². The smallest absolute Gasteiger partial charge is 0.410 e. The second-order valence-corrected chi connectivity index (χ2v) is 13.4. The topological polar surface area (TPSA) is 88.6 Å². The van der Waals surface area contributed by atoms with Crippen molar-refractivity contribution in [1.29, 1.82) is 0 Å². The van der Waals surface area contributed by atoms with Gasteiger partial charge in [-0.1, -0.05) is 49.6 Å². The zero-order valence-corrected chi connectivity index (χ0v) is 26.6. The van der Waals surface area contributed by atoms with Gasteiger partial charge in [-0.15, -0.1) is 0 Å². The highest BCUT2D eigenvalue weighted by Gasteiger charge is 2.34. The number of nitrogens with zero attached hydrogens (tertiary/aromatic N) is 3. The molecule has 0 spiro atoms. The van der Waals surface area contributed by atoms with E-state index in [1.54, 1.807) is 9.80 Å². The van der Waals surface area contributed by atoms with Crippen LogP contribution < -0.4 is 4.74 Å². The summed E-state index contributed by atoms with van der Waals surface area (Å²) in [4.78, 5) is 44.4. The van der Waals surface area contributed by atoms with Crippen molar-refractivity contribution in [2.75, 3.05) is 32.7 Å². The van der Waals surface area contributed by atoms with Crippen molar-refractivity contribution in [2.45, 2.75) is 96.5 Å². The van der Waals surface area contributed by atoms with Crippen LogP contribution in [-0.4, -0.2) is 83.3 Å². The van der Waals surface area contributed by atoms with Crippen molar-refractivity contribution >= 4 is 18.1 Å². The zero-order chi connectivity index (χ0) is 31.3. The van der Waals surface area contributed by atoms with E-state index in [4.69, 9.17) is 14.2 Å². The Morgan fingerprint density at radius 1 is 0.841 bits per heavy atom. The summed E-state index contributed by atoms with van der Waals surface area (Å²) in [6, 6.07) is 15.3. The molecule has 2 atom stereocenters. The van der Waals surface area contributed by atoms with Gasteiger partial charge in [0.25, 0.3) is 5.91 Å². The van der Waals surface area contributed by atoms with Gasteiger partial charge in [0.1, 0.15) is 24.1 Å². The highest BCUT2D eigenvalue weighted by Crippen LogP contribution is 2.39. The Bertz CT molecular complexity index is 1300. The quantitative estimate of drug-likeness (QED) is 0.369. The van der Waals surface area contributed by atoms with Gasteiger partial charge in [0.05, 0.1) is 6.54 Å². The lowest BCUT2D eigenvalue weighted by Gasteiger charge is -2.39. The number of hydrogen-bond donors (Lipinski definition) is 0. The van der Waals surface area contributed by atoms with Crippen LogP contribution in [-0.2, 0) is 16.1 Å². The SMILES string of the molecule is C[C@H]1CN(C(=O)OCc2ccccc2)CCN1C(=O)c1ccc(O[C@H]2CCN(C(=O)OC(C)(C)C)C2)c(C2CCCCC2)c1. The number of piperazine rings is 1. The highest BCUT2D eigenvalue weighted by atomic mass is 16.6. The maximum absolute atomic E-state index is 13.8. The van der Waals surface area contributed by atoms with Crippen LogP contribution in [0.15, 0.2) is 48.5 Å². The van der Waals surface area contributed by atoms with Gasteiger partial charge < -0.3 is 28.9 Å². The first-order valence-electron chi connectivity index (χ1n) is 16.1. The van der Waals surface area contributed by atoms with Crippen molar-refractivity contribution < 1.29 is 28.6 Å². The van der Waals surface area contributed by atoms with Crippen molar-refractivity contribution in [2.24, 2.45) is 0 Å². The van der Waals surface area contributed by atoms with E-state index < -0.39 is 5.60 Å². The maximum atomic E-state index is 13.8. The van der Waals surface area contributed by atoms with Gasteiger partial charge in [-0.2, -0.15) is 0 Å². The largest absolute Gasteiger partial charge is 0.488 e. The molecule has 2 aromatic carbocycles. The molecule has 3 fully saturated rings. The van der Waals surface area contributed by atoms with Gasteiger partial charge in [0.2, 0.25) is 0 Å². The maximum Gasteiger partial charge on any atom is 0.410 e. The Kier molecular flexibility index (Phi) is 10.0. The number of amides is 3. The van der Waals surface area contributed by atoms with Crippen molar-refractivity contribution in [3.63, 3.8) is 0 Å². The molecule has 0 unspecified atom stereocenters. The zero-order valence-electron chi connectivity index (χ0n) is 26.6. The highest BCUT2D eigenvalue weighted by molar-refractivity contribution is 5.95. The van der Waals surface area contributed by atoms with E-state index >= 15 is 0 Å². The van der Waals surface area contributed by atoms with Crippen LogP contribution in [0.1, 0.15) is 93.6 Å². The summed E-state index contributed by atoms with van der Waals surface area (Å²) in [6.07, 6.45) is 5.65. The molecule has 44 heavy (non-hydrogen) atoms. The summed E-state index contributed by atoms with van der Waals surface area (Å²) < 4.78 is 17.6. The van der Waals surface area contributed by atoms with Crippen LogP contribution in [0.25, 0.3) is 0 Å². The normalized spacial score (nSPS) is 21.2. The molecule has 9 heteroatoms. The summed E-state index contributed by atoms with van der Waals surface area (Å²) in [5, 5.41) is 0. The molecule has 0 N–H and O–H groups in total. The molecule has 1 saturated carbocycles. The summed E-state index contributed by atoms with van der Waals surface area (Å²) in [7, 11) is 0. The fraction of sp³-hybridized carbons (Fsp3) is 0.571. The molecule has 5 rings (SSSR count). The van der Waals surface area contributed by atoms with E-state index in [0.29, 0.717) is 44.2 Å². The minimum atomic E-state index is -0.539. The number of ether oxygens (including phenoxy) is 3. The molecule has 2 heterocycles. The van der Waals surface area contributed by atoms with E-state index in [1.165, 1.54) is 6.42 Å². The second-order valence-electron chi connectivity index (χ2n) is 13.4. The molecular weight excluding hydrogens is 558 g/mol. The fourth-order valence-corrected chi connectivity index (χ4v) is 6.42. The van der Waals surface area contributed by atoms with Crippen LogP contribution in [0.2, 0.25) is 0 Å². The second kappa shape index (κ2) is 13.9. The molecule has 2 aromatic rings. The van der Waals surface area contributed by atoms with Crippen LogP contribution in [0.4, 0.5) is 9.59 Å². The van der Waals surface area contributed by atoms with Crippen LogP contribution in [0, 0.1) is 0 Å². The third-order valence-corrected chi connectivity index (χ3v) is 8.74. The summed E-state index contributed by atoms with van der Waals surface area (Å²) in [5.41, 5.74) is 2.13. The fourth-order valence-electron chi connectivity index (χ4n) is 6.42. The Hall–Kier alpha value is -3.75. The van der Waals surface area contributed by atoms with Crippen molar-refractivity contribution in [1.82, 2.24) is 14.7 Å². The van der Waals surface area contributed by atoms with E-state index in [1.807, 2.05) is 81.1 Å². The van der Waals surface area contributed by atoms with E-state index in [-0.39, 0.29) is 36.8 Å². The molecule has 0 aromatic heterocycles. The first kappa shape index (κ1) is 31.7. The number of rotatable bonds is 6. The molecule has 2 aliphatic heterocycles. The molecule has 1 aliphatic carbocycles. The average Bonchev–Trinajstić information content (AvgIpc) is 3.49. The van der Waals surface area contributed by atoms with Crippen LogP contribution in [0.5, 0.6) is 5.75 Å². The van der Waals surface area contributed by atoms with Gasteiger partial charge in [-0.25, -0.2) is 9.59 Å². The summed E-state index contributed by atoms with van der Waals surface area (Å²) in [5.74, 6) is 1.11. The van der Waals surface area contributed by atoms with Crippen LogP contribution >= 0.6 is 0 Å². The molecule has 0 radical (unpaired) electrons. The standard InChI is InChI=1S/C35H47N3O6/c1-25-22-37(33(40)42-24-26-11-7-5-8-12-26)19-20-38(25)32(39)28-15-16-31(30(21-28)27-13-9-6-10-14-27)43-29-17-18-36(23-29)34(41)44-35(2,3)4/h5,7-8,11-12,15-16,21,25,27,29H,6,9-10,13-14,17-20,22-24H2,1-4H3/t25-,29-/m0/s1. The Morgan fingerprint density at radius 2 is 1.57 bits per heavy atom. The van der Waals surface area contributed by atoms with E-state index in [2.05, 4.69) is 0 Å². The minimum Gasteiger partial charge on any atom is -0.488 e. The predicted octanol–water partition coefficient (Wildman–Crippen LogP) is 6.61. The number of hydrogen-bond acceptors (Lipinski definition) is 6. The van der Waals surface area contributed by atoms with Crippen molar-refractivity contribution in [3.8, 4) is 5.75 Å². The van der Waals surface area contributed by atoms with Gasteiger partial charge in [-0.3, -0.25) is 4.79 Å². The number of carbonyl (C=O) groups excluding carboxylic acids is 3. The lowest BCUT2D eigenvalue weighted by Crippen LogP contribution is -2.55. The molecule has 238 valence electrons. The van der Waals surface area contributed by atoms with Crippen molar-refractivity contribution in [3.05, 3.63) is 65.2 Å². The number of benzene rings is 2. The van der Waals surface area contributed by atoms with Gasteiger partial charge >= 0.3 is 12.2 Å². The Balaban J connectivity index is 1.23. The molecular formula is C35H47N3O6. The minimum absolute atomic E-state index is 0.0321. The first-order chi connectivity index (χ1) is 21.1. The molecule has 0 bridgehead atoms. The van der Waals surface area contributed by atoms with Gasteiger partial charge in [-0.05, 0) is 75.8 Å². The lowest BCUT2D eigenvalue weighted by atomic mass is 9.83. The number of carbonyl (C=O) groups is 3. The van der Waals surface area contributed by atoms with E-state index in [0.717, 1.165) is 49.0 Å². The third kappa shape index (κ3) is 8.04.